The summed E-state index contributed by atoms with van der Waals surface area (Å²) < 4.78 is 11.7. The van der Waals surface area contributed by atoms with Gasteiger partial charge in [0.2, 0.25) is 0 Å². The second-order valence-corrected chi connectivity index (χ2v) is 17.9. The molecule has 0 saturated heterocycles. The first-order valence-electron chi connectivity index (χ1n) is 11.2. The minimum absolute atomic E-state index is 0.322. The number of hydrogen-bond acceptors (Lipinski definition) is 3. The third-order valence-corrected chi connectivity index (χ3v) is 12.6. The van der Waals surface area contributed by atoms with Gasteiger partial charge in [-0.2, -0.15) is 0 Å². The van der Waals surface area contributed by atoms with Crippen LogP contribution in [0.2, 0.25) is 38.3 Å². The van der Waals surface area contributed by atoms with E-state index in [4.69, 9.17) is 8.85 Å². The minimum Gasteiger partial charge on any atom is -0.463 e. The maximum Gasteiger partial charge on any atom is 0.330 e. The summed E-state index contributed by atoms with van der Waals surface area (Å²) in [6.07, 6.45) is 15.7. The molecule has 0 aromatic heterocycles. The van der Waals surface area contributed by atoms with Crippen molar-refractivity contribution < 1.29 is 13.6 Å². The van der Waals surface area contributed by atoms with Crippen molar-refractivity contribution in [2.45, 2.75) is 116 Å². The van der Waals surface area contributed by atoms with Gasteiger partial charge < -0.3 is 8.85 Å². The van der Waals surface area contributed by atoms with Crippen molar-refractivity contribution in [3.8, 4) is 0 Å². The Kier molecular flexibility index (Phi) is 15.3. The molecule has 0 fully saturated rings. The molecule has 160 valence electrons. The molecule has 0 bridgehead atoms. The molecule has 5 heteroatoms. The molecule has 0 aromatic carbocycles. The average Bonchev–Trinajstić information content (AvgIpc) is 2.58. The molecule has 0 amide bonds. The molecule has 3 nitrogen and oxygen atoms in total. The number of carbonyl (C=O) groups excluding carboxylic acids is 1. The molecule has 0 aliphatic rings. The number of rotatable bonds is 18. The highest BCUT2D eigenvalue weighted by molar-refractivity contribution is 6.84. The molecule has 0 aromatic rings. The van der Waals surface area contributed by atoms with E-state index in [1.807, 2.05) is 0 Å². The van der Waals surface area contributed by atoms with Crippen LogP contribution in [-0.4, -0.2) is 29.2 Å². The fraction of sp³-hybridized carbons (Fsp3) is 0.864. The molecule has 27 heavy (non-hydrogen) atoms. The Morgan fingerprint density at radius 3 is 1.70 bits per heavy atom. The molecular weight excluding hydrogens is 368 g/mol. The zero-order chi connectivity index (χ0) is 20.6. The summed E-state index contributed by atoms with van der Waals surface area (Å²) >= 11 is 0. The SMILES string of the molecule is C=CC(=O)OCCCC[Si](C)(C)O[Si](C)(C)CCCCCCCCCCC. The Morgan fingerprint density at radius 1 is 0.778 bits per heavy atom. The van der Waals surface area contributed by atoms with E-state index in [0.717, 1.165) is 18.9 Å². The van der Waals surface area contributed by atoms with E-state index in [-0.39, 0.29) is 5.97 Å². The van der Waals surface area contributed by atoms with Crippen molar-refractivity contribution in [3.63, 3.8) is 0 Å². The minimum atomic E-state index is -1.62. The van der Waals surface area contributed by atoms with Crippen molar-refractivity contribution in [1.82, 2.24) is 0 Å². The molecule has 0 unspecified atom stereocenters. The van der Waals surface area contributed by atoms with Crippen molar-refractivity contribution >= 4 is 22.6 Å². The molecule has 0 saturated carbocycles. The fourth-order valence-electron chi connectivity index (χ4n) is 3.60. The highest BCUT2D eigenvalue weighted by Gasteiger charge is 2.32. The lowest BCUT2D eigenvalue weighted by Crippen LogP contribution is -2.44. The number of carbonyl (C=O) groups is 1. The van der Waals surface area contributed by atoms with Crippen LogP contribution < -0.4 is 0 Å². The van der Waals surface area contributed by atoms with Gasteiger partial charge in [-0.05, 0) is 44.7 Å². The Bertz CT molecular complexity index is 395. The molecular formula is C22H46O3Si2. The Balaban J connectivity index is 3.80. The maximum absolute atomic E-state index is 11.0. The van der Waals surface area contributed by atoms with Gasteiger partial charge in [0.1, 0.15) is 0 Å². The molecule has 0 aliphatic heterocycles. The lowest BCUT2D eigenvalue weighted by Gasteiger charge is -2.34. The second kappa shape index (κ2) is 15.5. The predicted octanol–water partition coefficient (Wildman–Crippen LogP) is 7.45. The van der Waals surface area contributed by atoms with Gasteiger partial charge in [-0.15, -0.1) is 0 Å². The third-order valence-electron chi connectivity index (χ3n) is 5.02. The van der Waals surface area contributed by atoms with Crippen LogP contribution in [0.4, 0.5) is 0 Å². The van der Waals surface area contributed by atoms with Crippen LogP contribution in [0.15, 0.2) is 12.7 Å². The van der Waals surface area contributed by atoms with Crippen molar-refractivity contribution in [1.29, 1.82) is 0 Å². The van der Waals surface area contributed by atoms with Crippen LogP contribution in [0.25, 0.3) is 0 Å². The zero-order valence-electron chi connectivity index (χ0n) is 18.9. The Morgan fingerprint density at radius 2 is 1.22 bits per heavy atom. The first kappa shape index (κ1) is 26.6. The van der Waals surface area contributed by atoms with Crippen molar-refractivity contribution in [3.05, 3.63) is 12.7 Å². The van der Waals surface area contributed by atoms with Crippen LogP contribution in [0.5, 0.6) is 0 Å². The monoisotopic (exact) mass is 414 g/mol. The van der Waals surface area contributed by atoms with Gasteiger partial charge in [0, 0.05) is 6.08 Å². The van der Waals surface area contributed by atoms with Crippen LogP contribution in [-0.2, 0) is 13.6 Å². The van der Waals surface area contributed by atoms with E-state index in [0.29, 0.717) is 6.61 Å². The van der Waals surface area contributed by atoms with Gasteiger partial charge in [-0.1, -0.05) is 77.7 Å². The molecule has 0 N–H and O–H groups in total. The number of unbranched alkanes of at least 4 members (excludes halogenated alkanes) is 9. The molecule has 0 rings (SSSR count). The van der Waals surface area contributed by atoms with Crippen LogP contribution in [0.1, 0.15) is 77.6 Å². The lowest BCUT2D eigenvalue weighted by molar-refractivity contribution is -0.137. The summed E-state index contributed by atoms with van der Waals surface area (Å²) in [5.74, 6) is -0.322. The fourth-order valence-corrected chi connectivity index (χ4v) is 12.6. The number of esters is 1. The highest BCUT2D eigenvalue weighted by Crippen LogP contribution is 2.25. The van der Waals surface area contributed by atoms with E-state index in [9.17, 15) is 4.79 Å². The summed E-state index contributed by atoms with van der Waals surface area (Å²) in [5, 5.41) is 0. The summed E-state index contributed by atoms with van der Waals surface area (Å²) in [5.41, 5.74) is 0. The molecule has 0 spiro atoms. The Labute approximate surface area is 171 Å². The van der Waals surface area contributed by atoms with Crippen LogP contribution in [0.3, 0.4) is 0 Å². The van der Waals surface area contributed by atoms with Gasteiger partial charge in [0.25, 0.3) is 0 Å². The summed E-state index contributed by atoms with van der Waals surface area (Å²) in [4.78, 5) is 11.0. The van der Waals surface area contributed by atoms with Gasteiger partial charge in [-0.25, -0.2) is 4.79 Å². The first-order chi connectivity index (χ1) is 12.7. The topological polar surface area (TPSA) is 35.5 Å². The van der Waals surface area contributed by atoms with Crippen molar-refractivity contribution in [2.75, 3.05) is 6.61 Å². The maximum atomic E-state index is 11.0. The lowest BCUT2D eigenvalue weighted by atomic mass is 10.1. The van der Waals surface area contributed by atoms with E-state index in [1.54, 1.807) is 0 Å². The average molecular weight is 415 g/mol. The standard InChI is InChI=1S/C22H46O3Si2/c1-7-9-10-11-12-13-14-15-17-20-26(3,4)25-27(5,6)21-18-16-19-24-22(23)8-2/h8H,2,7,9-21H2,1,3-6H3. The third kappa shape index (κ3) is 17.4. The van der Waals surface area contributed by atoms with Crippen LogP contribution in [0, 0.1) is 0 Å². The molecule has 0 atom stereocenters. The quantitative estimate of drug-likeness (QED) is 0.101. The normalized spacial score (nSPS) is 12.2. The number of ether oxygens (including phenoxy) is 1. The van der Waals surface area contributed by atoms with E-state index in [1.165, 1.54) is 69.9 Å². The predicted molar refractivity (Wildman–Crippen MR) is 123 cm³/mol. The van der Waals surface area contributed by atoms with Gasteiger partial charge in [0.05, 0.1) is 6.61 Å². The smallest absolute Gasteiger partial charge is 0.330 e. The largest absolute Gasteiger partial charge is 0.463 e. The summed E-state index contributed by atoms with van der Waals surface area (Å²) in [6.45, 7) is 15.6. The summed E-state index contributed by atoms with van der Waals surface area (Å²) in [7, 11) is -3.17. The van der Waals surface area contributed by atoms with Gasteiger partial charge in [-0.3, -0.25) is 0 Å². The number of hydrogen-bond donors (Lipinski definition) is 0. The Hall–Kier alpha value is -0.396. The summed E-state index contributed by atoms with van der Waals surface area (Å²) in [6, 6.07) is 2.43. The molecule has 0 radical (unpaired) electrons. The molecule has 0 aliphatic carbocycles. The highest BCUT2D eigenvalue weighted by atomic mass is 28.4. The first-order valence-corrected chi connectivity index (χ1v) is 17.4. The van der Waals surface area contributed by atoms with Gasteiger partial charge >= 0.3 is 5.97 Å². The van der Waals surface area contributed by atoms with E-state index in [2.05, 4.69) is 39.7 Å². The zero-order valence-corrected chi connectivity index (χ0v) is 20.9. The molecule has 0 heterocycles. The second-order valence-electron chi connectivity index (χ2n) is 9.03. The van der Waals surface area contributed by atoms with Crippen LogP contribution >= 0.6 is 0 Å². The van der Waals surface area contributed by atoms with E-state index >= 15 is 0 Å². The van der Waals surface area contributed by atoms with Gasteiger partial charge in [0.15, 0.2) is 16.6 Å². The van der Waals surface area contributed by atoms with Crippen molar-refractivity contribution in [2.24, 2.45) is 0 Å². The van der Waals surface area contributed by atoms with E-state index < -0.39 is 16.6 Å².